The zero-order valence-corrected chi connectivity index (χ0v) is 13.9. The lowest BCUT2D eigenvalue weighted by atomic mass is 10.1. The topological polar surface area (TPSA) is 76.5 Å². The van der Waals surface area contributed by atoms with Crippen molar-refractivity contribution in [3.63, 3.8) is 0 Å². The van der Waals surface area contributed by atoms with E-state index in [1.165, 1.54) is 4.90 Å². The van der Waals surface area contributed by atoms with Crippen molar-refractivity contribution in [2.45, 2.75) is 12.5 Å². The minimum absolute atomic E-state index is 0.168. The van der Waals surface area contributed by atoms with Gasteiger partial charge in [0.25, 0.3) is 0 Å². The van der Waals surface area contributed by atoms with Crippen LogP contribution in [0.3, 0.4) is 0 Å². The van der Waals surface area contributed by atoms with E-state index in [0.29, 0.717) is 17.4 Å². The molecule has 1 aliphatic rings. The summed E-state index contributed by atoms with van der Waals surface area (Å²) in [5.41, 5.74) is 0.761. The first-order valence-corrected chi connectivity index (χ1v) is 7.88. The fraction of sp³-hybridized carbons (Fsp3) is 0.312. The number of amides is 2. The number of anilines is 1. The zero-order chi connectivity index (χ0) is 17.1. The zero-order valence-electron chi connectivity index (χ0n) is 13.1. The number of carbonyl (C=O) groups is 2. The molecule has 1 unspecified atom stereocenters. The molecule has 0 saturated carbocycles. The van der Waals surface area contributed by atoms with E-state index < -0.39 is 12.2 Å². The van der Waals surface area contributed by atoms with Crippen molar-refractivity contribution in [1.82, 2.24) is 15.1 Å². The molecule has 0 bridgehead atoms. The van der Waals surface area contributed by atoms with Crippen molar-refractivity contribution in [1.29, 1.82) is 0 Å². The Bertz CT molecular complexity index is 761. The van der Waals surface area contributed by atoms with Crippen LogP contribution in [0.2, 0.25) is 5.02 Å². The molecule has 1 aromatic heterocycles. The third-order valence-corrected chi connectivity index (χ3v) is 4.15. The number of carbonyl (C=O) groups excluding carboxylic acids is 2. The normalized spacial score (nSPS) is 17.0. The summed E-state index contributed by atoms with van der Waals surface area (Å²) in [6.07, 6.45) is 0.958. The van der Waals surface area contributed by atoms with E-state index in [1.807, 2.05) is 18.2 Å². The third-order valence-electron chi connectivity index (χ3n) is 3.78. The van der Waals surface area contributed by atoms with Gasteiger partial charge in [-0.1, -0.05) is 29.8 Å². The van der Waals surface area contributed by atoms with Crippen molar-refractivity contribution in [3.05, 3.63) is 47.1 Å². The molecule has 24 heavy (non-hydrogen) atoms. The van der Waals surface area contributed by atoms with Gasteiger partial charge in [0, 0.05) is 18.1 Å². The van der Waals surface area contributed by atoms with Crippen LogP contribution in [0.4, 0.5) is 10.6 Å². The number of benzene rings is 1. The second-order valence-corrected chi connectivity index (χ2v) is 5.91. The molecule has 0 radical (unpaired) electrons. The third kappa shape index (κ3) is 3.51. The summed E-state index contributed by atoms with van der Waals surface area (Å²) in [4.78, 5) is 25.5. The molecule has 7 nitrogen and oxygen atoms in total. The molecule has 1 aromatic carbocycles. The number of aromatic nitrogens is 2. The summed E-state index contributed by atoms with van der Waals surface area (Å²) in [5.74, 6) is 0.489. The summed E-state index contributed by atoms with van der Waals surface area (Å²) in [7, 11) is 1.75. The van der Waals surface area contributed by atoms with Crippen LogP contribution in [0.5, 0.6) is 0 Å². The van der Waals surface area contributed by atoms with Gasteiger partial charge in [-0.15, -0.1) is 0 Å². The number of cyclic esters (lactones) is 1. The Hall–Kier alpha value is -2.54. The highest BCUT2D eigenvalue weighted by atomic mass is 35.5. The Morgan fingerprint density at radius 3 is 2.92 bits per heavy atom. The minimum atomic E-state index is -0.441. The van der Waals surface area contributed by atoms with Gasteiger partial charge in [0.05, 0.1) is 25.7 Å². The molecule has 0 spiro atoms. The molecule has 1 atom stereocenters. The molecule has 1 saturated heterocycles. The molecule has 0 aliphatic carbocycles. The fourth-order valence-corrected chi connectivity index (χ4v) is 2.75. The molecule has 2 amide bonds. The van der Waals surface area contributed by atoms with Crippen molar-refractivity contribution >= 4 is 29.4 Å². The first kappa shape index (κ1) is 16.3. The molecular formula is C16H17ClN4O3. The Balaban J connectivity index is 1.52. The smallest absolute Gasteiger partial charge is 0.416 e. The number of hydrogen-bond acceptors (Lipinski definition) is 4. The number of aryl methyl sites for hydroxylation is 1. The number of halogens is 1. The number of nitrogens with zero attached hydrogens (tertiary/aromatic N) is 3. The molecule has 2 aromatic rings. The molecule has 2 heterocycles. The van der Waals surface area contributed by atoms with Crippen LogP contribution in [0.25, 0.3) is 0 Å². The Kier molecular flexibility index (Phi) is 4.71. The summed E-state index contributed by atoms with van der Waals surface area (Å²) in [6.45, 7) is 0.619. The fourth-order valence-electron chi connectivity index (χ4n) is 2.55. The molecule has 1 aliphatic heterocycles. The van der Waals surface area contributed by atoms with Crippen LogP contribution in [0.15, 0.2) is 36.5 Å². The Labute approximate surface area is 144 Å². The van der Waals surface area contributed by atoms with E-state index in [1.54, 1.807) is 30.1 Å². The average molecular weight is 349 g/mol. The van der Waals surface area contributed by atoms with E-state index in [9.17, 15) is 9.59 Å². The Morgan fingerprint density at radius 1 is 1.42 bits per heavy atom. The van der Waals surface area contributed by atoms with Gasteiger partial charge in [0.2, 0.25) is 5.91 Å². The second kappa shape index (κ2) is 6.92. The SMILES string of the molecule is Cn1nccc1N1CC(CNC(=O)Cc2ccccc2Cl)OC1=O. The maximum absolute atomic E-state index is 12.0. The van der Waals surface area contributed by atoms with Crippen molar-refractivity contribution < 1.29 is 14.3 Å². The lowest BCUT2D eigenvalue weighted by Gasteiger charge is -2.12. The van der Waals surface area contributed by atoms with Crippen molar-refractivity contribution in [2.75, 3.05) is 18.0 Å². The van der Waals surface area contributed by atoms with E-state index in [-0.39, 0.29) is 18.9 Å². The Morgan fingerprint density at radius 2 is 2.21 bits per heavy atom. The van der Waals surface area contributed by atoms with Gasteiger partial charge in [0.1, 0.15) is 11.9 Å². The molecule has 8 heteroatoms. The lowest BCUT2D eigenvalue weighted by Crippen LogP contribution is -2.35. The van der Waals surface area contributed by atoms with Gasteiger partial charge in [0.15, 0.2) is 0 Å². The molecule has 126 valence electrons. The lowest BCUT2D eigenvalue weighted by molar-refractivity contribution is -0.120. The van der Waals surface area contributed by atoms with Gasteiger partial charge in [-0.2, -0.15) is 5.10 Å². The highest BCUT2D eigenvalue weighted by Crippen LogP contribution is 2.20. The van der Waals surface area contributed by atoms with Gasteiger partial charge >= 0.3 is 6.09 Å². The summed E-state index contributed by atoms with van der Waals surface area (Å²) in [6, 6.07) is 8.93. The molecular weight excluding hydrogens is 332 g/mol. The summed E-state index contributed by atoms with van der Waals surface area (Å²) >= 11 is 6.04. The number of rotatable bonds is 5. The number of ether oxygens (including phenoxy) is 1. The van der Waals surface area contributed by atoms with Crippen LogP contribution >= 0.6 is 11.6 Å². The van der Waals surface area contributed by atoms with E-state index in [2.05, 4.69) is 10.4 Å². The molecule has 3 rings (SSSR count). The van der Waals surface area contributed by atoms with Gasteiger partial charge in [-0.3, -0.25) is 14.4 Å². The van der Waals surface area contributed by atoms with Crippen LogP contribution in [0, 0.1) is 0 Å². The highest BCUT2D eigenvalue weighted by Gasteiger charge is 2.33. The predicted octanol–water partition coefficient (Wildman–Crippen LogP) is 1.76. The first-order valence-electron chi connectivity index (χ1n) is 7.51. The summed E-state index contributed by atoms with van der Waals surface area (Å²) < 4.78 is 6.88. The largest absolute Gasteiger partial charge is 0.442 e. The van der Waals surface area contributed by atoms with Gasteiger partial charge < -0.3 is 10.1 Å². The molecule has 1 N–H and O–H groups in total. The van der Waals surface area contributed by atoms with Crippen molar-refractivity contribution in [3.8, 4) is 0 Å². The number of hydrogen-bond donors (Lipinski definition) is 1. The van der Waals surface area contributed by atoms with Crippen LogP contribution in [0.1, 0.15) is 5.56 Å². The predicted molar refractivity (Wildman–Crippen MR) is 89.0 cm³/mol. The van der Waals surface area contributed by atoms with Crippen LogP contribution in [-0.2, 0) is 23.0 Å². The standard InChI is InChI=1S/C16H17ClN4O3/c1-20-15(6-7-19-20)21-10-12(24-16(21)23)9-18-14(22)8-11-4-2-3-5-13(11)17/h2-7,12H,8-10H2,1H3,(H,18,22). The average Bonchev–Trinajstić information content (AvgIpc) is 3.13. The van der Waals surface area contributed by atoms with Gasteiger partial charge in [-0.25, -0.2) is 4.79 Å². The monoisotopic (exact) mass is 348 g/mol. The summed E-state index contributed by atoms with van der Waals surface area (Å²) in [5, 5.41) is 7.37. The number of nitrogens with one attached hydrogen (secondary N) is 1. The highest BCUT2D eigenvalue weighted by molar-refractivity contribution is 6.31. The van der Waals surface area contributed by atoms with E-state index >= 15 is 0 Å². The van der Waals surface area contributed by atoms with E-state index in [0.717, 1.165) is 5.56 Å². The molecule has 1 fully saturated rings. The minimum Gasteiger partial charge on any atom is -0.442 e. The van der Waals surface area contributed by atoms with Crippen LogP contribution < -0.4 is 10.2 Å². The van der Waals surface area contributed by atoms with Crippen LogP contribution in [-0.4, -0.2) is 41.0 Å². The maximum Gasteiger partial charge on any atom is 0.416 e. The second-order valence-electron chi connectivity index (χ2n) is 5.50. The van der Waals surface area contributed by atoms with Crippen molar-refractivity contribution in [2.24, 2.45) is 7.05 Å². The first-order chi connectivity index (χ1) is 11.5. The quantitative estimate of drug-likeness (QED) is 0.893. The maximum atomic E-state index is 12.0. The van der Waals surface area contributed by atoms with E-state index in [4.69, 9.17) is 16.3 Å². The van der Waals surface area contributed by atoms with Gasteiger partial charge in [-0.05, 0) is 11.6 Å².